The van der Waals surface area contributed by atoms with Crippen LogP contribution in [-0.2, 0) is 9.53 Å². The van der Waals surface area contributed by atoms with Crippen molar-refractivity contribution in [3.8, 4) is 0 Å². The summed E-state index contributed by atoms with van der Waals surface area (Å²) in [5.74, 6) is -0.221. The number of ether oxygens (including phenoxy) is 1. The molecular formula is C14H24O2. The van der Waals surface area contributed by atoms with E-state index < -0.39 is 5.60 Å². The summed E-state index contributed by atoms with van der Waals surface area (Å²) in [4.78, 5) is 11.1. The van der Waals surface area contributed by atoms with Crippen LogP contribution in [0.25, 0.3) is 0 Å². The van der Waals surface area contributed by atoms with Gasteiger partial charge in [0.05, 0.1) is 0 Å². The molecule has 2 heteroatoms. The lowest BCUT2D eigenvalue weighted by atomic mass is 9.92. The fourth-order valence-electron chi connectivity index (χ4n) is 1.83. The first kappa shape index (κ1) is 14.9. The van der Waals surface area contributed by atoms with Gasteiger partial charge in [-0.05, 0) is 40.5 Å². The second kappa shape index (κ2) is 6.51. The molecule has 0 rings (SSSR count). The van der Waals surface area contributed by atoms with Crippen LogP contribution in [0.2, 0.25) is 0 Å². The van der Waals surface area contributed by atoms with Gasteiger partial charge in [-0.1, -0.05) is 23.8 Å². The van der Waals surface area contributed by atoms with Crippen molar-refractivity contribution in [3.63, 3.8) is 0 Å². The van der Waals surface area contributed by atoms with Gasteiger partial charge >= 0.3 is 5.97 Å². The maximum Gasteiger partial charge on any atom is 0.303 e. The molecule has 92 valence electrons. The minimum Gasteiger partial charge on any atom is -0.459 e. The summed E-state index contributed by atoms with van der Waals surface area (Å²) in [5.41, 5.74) is 1.92. The summed E-state index contributed by atoms with van der Waals surface area (Å²) >= 11 is 0. The molecule has 0 aromatic heterocycles. The Morgan fingerprint density at radius 3 is 2.25 bits per heavy atom. The van der Waals surface area contributed by atoms with E-state index in [2.05, 4.69) is 26.5 Å². The first-order valence-corrected chi connectivity index (χ1v) is 5.72. The van der Waals surface area contributed by atoms with Gasteiger partial charge in [-0.2, -0.15) is 0 Å². The van der Waals surface area contributed by atoms with E-state index in [1.165, 1.54) is 12.5 Å². The Bertz CT molecular complexity index is 267. The summed E-state index contributed by atoms with van der Waals surface area (Å²) in [6, 6.07) is 0. The van der Waals surface area contributed by atoms with Crippen LogP contribution in [0.5, 0.6) is 0 Å². The molecule has 1 atom stereocenters. The van der Waals surface area contributed by atoms with Gasteiger partial charge in [0.1, 0.15) is 5.60 Å². The average Bonchev–Trinajstić information content (AvgIpc) is 1.98. The maximum absolute atomic E-state index is 11.1. The van der Waals surface area contributed by atoms with Crippen LogP contribution < -0.4 is 0 Å². The molecule has 2 nitrogen and oxygen atoms in total. The monoisotopic (exact) mass is 224 g/mol. The molecule has 0 spiro atoms. The standard InChI is InChI=1S/C14H24O2/c1-11(2)8-7-9-14(6,10-12(3)4)16-13(5)15/h8H,3,7,9-10H2,1-2,4-6H3. The van der Waals surface area contributed by atoms with E-state index in [1.54, 1.807) is 0 Å². The number of esters is 1. The van der Waals surface area contributed by atoms with Gasteiger partial charge in [0, 0.05) is 13.3 Å². The quantitative estimate of drug-likeness (QED) is 0.503. The molecule has 0 N–H and O–H groups in total. The van der Waals surface area contributed by atoms with E-state index in [0.717, 1.165) is 24.8 Å². The van der Waals surface area contributed by atoms with Crippen LogP contribution in [-0.4, -0.2) is 11.6 Å². The molecule has 0 aromatic carbocycles. The van der Waals surface area contributed by atoms with Crippen LogP contribution in [0.1, 0.15) is 53.9 Å². The number of rotatable bonds is 6. The van der Waals surface area contributed by atoms with Crippen molar-refractivity contribution in [1.82, 2.24) is 0 Å². The molecule has 0 aliphatic heterocycles. The van der Waals surface area contributed by atoms with Crippen LogP contribution in [0.3, 0.4) is 0 Å². The van der Waals surface area contributed by atoms with Gasteiger partial charge < -0.3 is 4.74 Å². The number of carbonyl (C=O) groups is 1. The van der Waals surface area contributed by atoms with E-state index in [4.69, 9.17) is 4.74 Å². The lowest BCUT2D eigenvalue weighted by Crippen LogP contribution is -2.31. The lowest BCUT2D eigenvalue weighted by Gasteiger charge is -2.29. The van der Waals surface area contributed by atoms with E-state index in [1.807, 2.05) is 13.8 Å². The second-order valence-corrected chi connectivity index (χ2v) is 5.00. The lowest BCUT2D eigenvalue weighted by molar-refractivity contribution is -0.155. The summed E-state index contributed by atoms with van der Waals surface area (Å²) in [6.07, 6.45) is 4.66. The normalized spacial score (nSPS) is 13.8. The Kier molecular flexibility index (Phi) is 6.09. The topological polar surface area (TPSA) is 26.3 Å². The SMILES string of the molecule is C=C(C)CC(C)(CCC=C(C)C)OC(C)=O. The summed E-state index contributed by atoms with van der Waals surface area (Å²) in [5, 5.41) is 0. The van der Waals surface area contributed by atoms with Crippen molar-refractivity contribution in [2.75, 3.05) is 0 Å². The molecule has 0 bridgehead atoms. The Labute approximate surface area is 99.4 Å². The van der Waals surface area contributed by atoms with Gasteiger partial charge in [0.25, 0.3) is 0 Å². The number of hydrogen-bond acceptors (Lipinski definition) is 2. The highest BCUT2D eigenvalue weighted by molar-refractivity contribution is 5.66. The first-order valence-electron chi connectivity index (χ1n) is 5.72. The minimum atomic E-state index is -0.413. The van der Waals surface area contributed by atoms with Crippen molar-refractivity contribution in [2.45, 2.75) is 59.5 Å². The molecule has 1 unspecified atom stereocenters. The van der Waals surface area contributed by atoms with Crippen LogP contribution in [0.4, 0.5) is 0 Å². The van der Waals surface area contributed by atoms with Gasteiger partial charge in [0.15, 0.2) is 0 Å². The number of hydrogen-bond donors (Lipinski definition) is 0. The zero-order valence-electron chi connectivity index (χ0n) is 11.2. The molecule has 0 heterocycles. The van der Waals surface area contributed by atoms with Gasteiger partial charge in [0.2, 0.25) is 0 Å². The van der Waals surface area contributed by atoms with E-state index in [9.17, 15) is 4.79 Å². The van der Waals surface area contributed by atoms with E-state index in [0.29, 0.717) is 0 Å². The van der Waals surface area contributed by atoms with Crippen molar-refractivity contribution >= 4 is 5.97 Å². The summed E-state index contributed by atoms with van der Waals surface area (Å²) in [7, 11) is 0. The molecule has 16 heavy (non-hydrogen) atoms. The van der Waals surface area contributed by atoms with Crippen molar-refractivity contribution in [1.29, 1.82) is 0 Å². The van der Waals surface area contributed by atoms with E-state index in [-0.39, 0.29) is 5.97 Å². The molecule has 0 aliphatic rings. The van der Waals surface area contributed by atoms with Crippen molar-refractivity contribution in [3.05, 3.63) is 23.8 Å². The zero-order chi connectivity index (χ0) is 12.8. The highest BCUT2D eigenvalue weighted by Crippen LogP contribution is 2.26. The van der Waals surface area contributed by atoms with Gasteiger partial charge in [-0.15, -0.1) is 0 Å². The fraction of sp³-hybridized carbons (Fsp3) is 0.643. The third-order valence-corrected chi connectivity index (χ3v) is 2.29. The highest BCUT2D eigenvalue weighted by Gasteiger charge is 2.26. The third kappa shape index (κ3) is 7.27. The van der Waals surface area contributed by atoms with Crippen molar-refractivity contribution < 1.29 is 9.53 Å². The maximum atomic E-state index is 11.1. The highest BCUT2D eigenvalue weighted by atomic mass is 16.6. The number of allylic oxidation sites excluding steroid dienone is 2. The Morgan fingerprint density at radius 2 is 1.88 bits per heavy atom. The predicted octanol–water partition coefficient (Wildman–Crippen LogP) is 4.02. The van der Waals surface area contributed by atoms with Crippen molar-refractivity contribution in [2.24, 2.45) is 0 Å². The van der Waals surface area contributed by atoms with Gasteiger partial charge in [-0.3, -0.25) is 4.79 Å². The molecular weight excluding hydrogens is 200 g/mol. The molecule has 0 saturated carbocycles. The van der Waals surface area contributed by atoms with Gasteiger partial charge in [-0.25, -0.2) is 0 Å². The Hall–Kier alpha value is -1.05. The second-order valence-electron chi connectivity index (χ2n) is 5.00. The molecule has 0 amide bonds. The van der Waals surface area contributed by atoms with Crippen LogP contribution in [0, 0.1) is 0 Å². The molecule has 0 saturated heterocycles. The van der Waals surface area contributed by atoms with Crippen LogP contribution >= 0.6 is 0 Å². The van der Waals surface area contributed by atoms with Crippen LogP contribution in [0.15, 0.2) is 23.8 Å². The third-order valence-electron chi connectivity index (χ3n) is 2.29. The minimum absolute atomic E-state index is 0.221. The predicted molar refractivity (Wildman–Crippen MR) is 68.3 cm³/mol. The van der Waals surface area contributed by atoms with E-state index >= 15 is 0 Å². The largest absolute Gasteiger partial charge is 0.459 e. The number of carbonyl (C=O) groups excluding carboxylic acids is 1. The Morgan fingerprint density at radius 1 is 1.31 bits per heavy atom. The molecule has 0 fully saturated rings. The Balaban J connectivity index is 4.46. The average molecular weight is 224 g/mol. The molecule has 0 aliphatic carbocycles. The smallest absolute Gasteiger partial charge is 0.303 e. The zero-order valence-corrected chi connectivity index (χ0v) is 11.2. The summed E-state index contributed by atoms with van der Waals surface area (Å²) in [6.45, 7) is 13.4. The molecule has 0 radical (unpaired) electrons. The molecule has 0 aromatic rings. The first-order chi connectivity index (χ1) is 7.25. The fourth-order valence-corrected chi connectivity index (χ4v) is 1.83. The summed E-state index contributed by atoms with van der Waals surface area (Å²) < 4.78 is 5.40.